The lowest BCUT2D eigenvalue weighted by atomic mass is 10.6. The molecular formula is C5H5ClN4. The number of hydrogen-bond acceptors (Lipinski definition) is 3. The van der Waals surface area contributed by atoms with Crippen molar-refractivity contribution in [1.82, 2.24) is 19.6 Å². The fraction of sp³-hybridized carbons (Fsp3) is 0. The monoisotopic (exact) mass is 156 g/mol. The lowest BCUT2D eigenvalue weighted by Crippen LogP contribution is -1.85. The number of fused-ring (bicyclic) bond motifs is 1. The van der Waals surface area contributed by atoms with Gasteiger partial charge in [-0.3, -0.25) is 0 Å². The lowest BCUT2D eigenvalue weighted by Gasteiger charge is -1.83. The Labute approximate surface area is 63.3 Å². The van der Waals surface area contributed by atoms with Crippen LogP contribution in [-0.2, 0) is 0 Å². The van der Waals surface area contributed by atoms with Gasteiger partial charge in [0.05, 0.1) is 0 Å². The van der Waals surface area contributed by atoms with Crippen LogP contribution in [0.2, 0.25) is 0 Å². The molecule has 0 radical (unpaired) electrons. The molecule has 0 bridgehead atoms. The molecule has 2 aromatic heterocycles. The number of hydrogen-bond donors (Lipinski definition) is 0. The summed E-state index contributed by atoms with van der Waals surface area (Å²) in [7, 11) is 0. The van der Waals surface area contributed by atoms with Crippen molar-refractivity contribution < 1.29 is 0 Å². The van der Waals surface area contributed by atoms with Crippen molar-refractivity contribution in [3.63, 3.8) is 0 Å². The van der Waals surface area contributed by atoms with Crippen LogP contribution in [0.4, 0.5) is 0 Å². The minimum absolute atomic E-state index is 0. The van der Waals surface area contributed by atoms with E-state index in [-0.39, 0.29) is 12.4 Å². The van der Waals surface area contributed by atoms with E-state index in [9.17, 15) is 0 Å². The largest absolute Gasteiger partial charge is 0.245 e. The van der Waals surface area contributed by atoms with Crippen molar-refractivity contribution in [2.45, 2.75) is 0 Å². The molecule has 2 heterocycles. The summed E-state index contributed by atoms with van der Waals surface area (Å²) in [5.41, 5.74) is 0.824. The van der Waals surface area contributed by atoms with Gasteiger partial charge in [-0.15, -0.1) is 12.4 Å². The van der Waals surface area contributed by atoms with E-state index < -0.39 is 0 Å². The van der Waals surface area contributed by atoms with Crippen molar-refractivity contribution in [3.8, 4) is 0 Å². The number of nitrogens with zero attached hydrogens (tertiary/aromatic N) is 4. The molecule has 0 saturated carbocycles. The van der Waals surface area contributed by atoms with Crippen LogP contribution in [0.1, 0.15) is 0 Å². The molecule has 0 unspecified atom stereocenters. The second-order valence-corrected chi connectivity index (χ2v) is 1.64. The fourth-order valence-electron chi connectivity index (χ4n) is 0.679. The Kier molecular flexibility index (Phi) is 1.82. The average Bonchev–Trinajstić information content (AvgIpc) is 2.33. The number of aromatic nitrogens is 4. The number of halogens is 1. The summed E-state index contributed by atoms with van der Waals surface area (Å²) in [5.74, 6) is 0. The molecule has 0 atom stereocenters. The lowest BCUT2D eigenvalue weighted by molar-refractivity contribution is 0.921. The number of rotatable bonds is 0. The molecule has 0 aliphatic carbocycles. The van der Waals surface area contributed by atoms with E-state index >= 15 is 0 Å². The molecule has 4 nitrogen and oxygen atoms in total. The molecule has 10 heavy (non-hydrogen) atoms. The van der Waals surface area contributed by atoms with Crippen LogP contribution < -0.4 is 0 Å². The van der Waals surface area contributed by atoms with Gasteiger partial charge < -0.3 is 0 Å². The van der Waals surface area contributed by atoms with Gasteiger partial charge in [0.15, 0.2) is 5.65 Å². The summed E-state index contributed by atoms with van der Waals surface area (Å²) in [4.78, 5) is 7.78. The molecule has 0 N–H and O–H groups in total. The zero-order valence-corrected chi connectivity index (χ0v) is 5.82. The minimum Gasteiger partial charge on any atom is -0.245 e. The summed E-state index contributed by atoms with van der Waals surface area (Å²) in [6, 6.07) is 1.80. The standard InChI is InChI=1S/C5H4N4.ClH/c1-2-6-4-9-5(1)7-3-8-9;/h1-4H;1H. The van der Waals surface area contributed by atoms with Crippen LogP contribution in [0.25, 0.3) is 5.65 Å². The first-order chi connectivity index (χ1) is 4.47. The van der Waals surface area contributed by atoms with Crippen LogP contribution in [0.3, 0.4) is 0 Å². The van der Waals surface area contributed by atoms with Crippen molar-refractivity contribution >= 4 is 18.1 Å². The molecule has 0 spiro atoms. The van der Waals surface area contributed by atoms with Gasteiger partial charge in [0, 0.05) is 12.3 Å². The van der Waals surface area contributed by atoms with Crippen molar-refractivity contribution in [2.24, 2.45) is 0 Å². The normalized spacial score (nSPS) is 9.20. The van der Waals surface area contributed by atoms with Gasteiger partial charge >= 0.3 is 0 Å². The summed E-state index contributed by atoms with van der Waals surface area (Å²) < 4.78 is 1.61. The highest BCUT2D eigenvalue weighted by Gasteiger charge is 1.87. The first-order valence-electron chi connectivity index (χ1n) is 2.56. The third-order valence-corrected chi connectivity index (χ3v) is 1.09. The second-order valence-electron chi connectivity index (χ2n) is 1.64. The van der Waals surface area contributed by atoms with E-state index in [2.05, 4.69) is 15.1 Å². The van der Waals surface area contributed by atoms with Gasteiger partial charge in [-0.25, -0.2) is 14.5 Å². The van der Waals surface area contributed by atoms with Gasteiger partial charge in [-0.05, 0) is 0 Å². The first-order valence-corrected chi connectivity index (χ1v) is 2.56. The van der Waals surface area contributed by atoms with Crippen molar-refractivity contribution in [3.05, 3.63) is 24.9 Å². The molecule has 0 saturated heterocycles. The van der Waals surface area contributed by atoms with Crippen LogP contribution in [0.15, 0.2) is 24.9 Å². The summed E-state index contributed by atoms with van der Waals surface area (Å²) in [6.07, 6.45) is 4.80. The van der Waals surface area contributed by atoms with Crippen LogP contribution in [0, 0.1) is 0 Å². The maximum absolute atomic E-state index is 3.93. The Morgan fingerprint density at radius 1 is 1.40 bits per heavy atom. The van der Waals surface area contributed by atoms with Gasteiger partial charge in [0.2, 0.25) is 0 Å². The molecule has 0 amide bonds. The first kappa shape index (κ1) is 6.95. The maximum Gasteiger partial charge on any atom is 0.158 e. The smallest absolute Gasteiger partial charge is 0.158 e. The SMILES string of the molecule is Cl.c1cc2ncnn2cn1. The predicted molar refractivity (Wildman–Crippen MR) is 38.0 cm³/mol. The molecule has 52 valence electrons. The third-order valence-electron chi connectivity index (χ3n) is 1.09. The quantitative estimate of drug-likeness (QED) is 0.560. The second kappa shape index (κ2) is 2.62. The Balaban J connectivity index is 0.000000500. The van der Waals surface area contributed by atoms with E-state index in [1.165, 1.54) is 6.33 Å². The van der Waals surface area contributed by atoms with Crippen LogP contribution in [-0.4, -0.2) is 19.6 Å². The summed E-state index contributed by atoms with van der Waals surface area (Å²) >= 11 is 0. The third kappa shape index (κ3) is 0.930. The Morgan fingerprint density at radius 2 is 2.30 bits per heavy atom. The molecule has 0 fully saturated rings. The predicted octanol–water partition coefficient (Wildman–Crippen LogP) is 0.546. The fourth-order valence-corrected chi connectivity index (χ4v) is 0.679. The molecule has 5 heteroatoms. The van der Waals surface area contributed by atoms with Crippen LogP contribution >= 0.6 is 12.4 Å². The topological polar surface area (TPSA) is 43.1 Å². The molecule has 2 aromatic rings. The van der Waals surface area contributed by atoms with Crippen molar-refractivity contribution in [1.29, 1.82) is 0 Å². The van der Waals surface area contributed by atoms with E-state index in [0.29, 0.717) is 0 Å². The molecule has 0 aliphatic heterocycles. The Hall–Kier alpha value is -1.16. The van der Waals surface area contributed by atoms with Gasteiger partial charge in [0.1, 0.15) is 12.7 Å². The van der Waals surface area contributed by atoms with E-state index in [1.54, 1.807) is 23.1 Å². The van der Waals surface area contributed by atoms with E-state index in [1.807, 2.05) is 0 Å². The highest BCUT2D eigenvalue weighted by molar-refractivity contribution is 5.85. The van der Waals surface area contributed by atoms with Crippen LogP contribution in [0.5, 0.6) is 0 Å². The van der Waals surface area contributed by atoms with E-state index in [4.69, 9.17) is 0 Å². The molecule has 2 rings (SSSR count). The van der Waals surface area contributed by atoms with Gasteiger partial charge in [0.25, 0.3) is 0 Å². The minimum atomic E-state index is 0. The molecule has 0 aromatic carbocycles. The van der Waals surface area contributed by atoms with E-state index in [0.717, 1.165) is 5.65 Å². The average molecular weight is 157 g/mol. The zero-order valence-electron chi connectivity index (χ0n) is 5.01. The molecular weight excluding hydrogens is 152 g/mol. The highest BCUT2D eigenvalue weighted by Crippen LogP contribution is 1.90. The summed E-state index contributed by atoms with van der Waals surface area (Å²) in [5, 5.41) is 3.86. The Morgan fingerprint density at radius 3 is 3.10 bits per heavy atom. The summed E-state index contributed by atoms with van der Waals surface area (Å²) in [6.45, 7) is 0. The highest BCUT2D eigenvalue weighted by atomic mass is 35.5. The van der Waals surface area contributed by atoms with Gasteiger partial charge in [-0.1, -0.05) is 0 Å². The zero-order chi connectivity index (χ0) is 6.10. The van der Waals surface area contributed by atoms with Gasteiger partial charge in [-0.2, -0.15) is 5.10 Å². The Bertz CT molecular complexity index is 288. The molecule has 0 aliphatic rings. The maximum atomic E-state index is 3.93. The van der Waals surface area contributed by atoms with Crippen molar-refractivity contribution in [2.75, 3.05) is 0 Å².